The van der Waals surface area contributed by atoms with Gasteiger partial charge in [-0.05, 0) is 47.7 Å². The number of nitrogens with two attached hydrogens (primary N) is 1. The third-order valence-electron chi connectivity index (χ3n) is 1.64. The van der Waals surface area contributed by atoms with Crippen molar-refractivity contribution in [2.45, 2.75) is 6.92 Å². The monoisotopic (exact) mass is 306 g/mol. The third kappa shape index (κ3) is 2.58. The molecule has 0 fully saturated rings. The van der Waals surface area contributed by atoms with Gasteiger partial charge in [0.05, 0.1) is 17.9 Å². The summed E-state index contributed by atoms with van der Waals surface area (Å²) in [6.07, 6.45) is 0. The highest BCUT2D eigenvalue weighted by Gasteiger charge is 2.08. The number of hydrogen-bond donors (Lipinski definition) is 2. The molecule has 0 aliphatic heterocycles. The molecule has 0 atom stereocenters. The molecule has 1 aromatic rings. The summed E-state index contributed by atoms with van der Waals surface area (Å²) in [7, 11) is 0. The van der Waals surface area contributed by atoms with Gasteiger partial charge in [0, 0.05) is 3.57 Å². The van der Waals surface area contributed by atoms with Crippen LogP contribution in [0.4, 0.5) is 5.69 Å². The minimum atomic E-state index is -0.311. The Kier molecular flexibility index (Phi) is 4.15. The first-order chi connectivity index (χ1) is 6.69. The van der Waals surface area contributed by atoms with Gasteiger partial charge in [-0.2, -0.15) is 0 Å². The molecular weight excluding hydrogens is 295 g/mol. The average molecular weight is 306 g/mol. The normalized spacial score (nSPS) is 9.64. The Morgan fingerprint density at radius 2 is 2.36 bits per heavy atom. The summed E-state index contributed by atoms with van der Waals surface area (Å²) >= 11 is 2.10. The molecule has 1 aromatic carbocycles. The lowest BCUT2D eigenvalue weighted by atomic mass is 10.2. The molecular formula is C9H11IN2O2. The second kappa shape index (κ2) is 5.16. The van der Waals surface area contributed by atoms with Gasteiger partial charge in [-0.1, -0.05) is 0 Å². The van der Waals surface area contributed by atoms with Crippen LogP contribution >= 0.6 is 22.6 Å². The maximum atomic E-state index is 11.3. The van der Waals surface area contributed by atoms with Crippen molar-refractivity contribution in [2.75, 3.05) is 12.0 Å². The molecule has 0 heterocycles. The average Bonchev–Trinajstić information content (AvgIpc) is 2.18. The molecule has 0 aromatic heterocycles. The van der Waals surface area contributed by atoms with Crippen molar-refractivity contribution < 1.29 is 9.53 Å². The fourth-order valence-corrected chi connectivity index (χ4v) is 1.64. The Morgan fingerprint density at radius 1 is 1.64 bits per heavy atom. The third-order valence-corrected chi connectivity index (χ3v) is 2.53. The van der Waals surface area contributed by atoms with Crippen molar-refractivity contribution in [3.8, 4) is 0 Å². The first-order valence-electron chi connectivity index (χ1n) is 4.12. The number of esters is 1. The second-order valence-electron chi connectivity index (χ2n) is 2.56. The van der Waals surface area contributed by atoms with Gasteiger partial charge in [-0.15, -0.1) is 0 Å². The predicted octanol–water partition coefficient (Wildman–Crippen LogP) is 1.75. The van der Waals surface area contributed by atoms with Gasteiger partial charge in [-0.25, -0.2) is 4.79 Å². The first-order valence-corrected chi connectivity index (χ1v) is 5.20. The molecule has 0 amide bonds. The number of carbonyl (C=O) groups is 1. The van der Waals surface area contributed by atoms with Crippen LogP contribution in [0.25, 0.3) is 0 Å². The maximum absolute atomic E-state index is 11.3. The zero-order valence-corrected chi connectivity index (χ0v) is 9.87. The molecule has 0 unspecified atom stereocenters. The summed E-state index contributed by atoms with van der Waals surface area (Å²) in [6, 6.07) is 5.15. The Balaban J connectivity index is 2.91. The van der Waals surface area contributed by atoms with Crippen LogP contribution < -0.4 is 11.3 Å². The van der Waals surface area contributed by atoms with E-state index >= 15 is 0 Å². The quantitative estimate of drug-likeness (QED) is 0.386. The maximum Gasteiger partial charge on any atom is 0.338 e. The number of rotatable bonds is 3. The van der Waals surface area contributed by atoms with E-state index in [0.717, 1.165) is 9.26 Å². The van der Waals surface area contributed by atoms with Gasteiger partial charge in [0.15, 0.2) is 0 Å². The van der Waals surface area contributed by atoms with E-state index in [1.54, 1.807) is 25.1 Å². The summed E-state index contributed by atoms with van der Waals surface area (Å²) in [4.78, 5) is 11.3. The van der Waals surface area contributed by atoms with Gasteiger partial charge < -0.3 is 10.2 Å². The fourth-order valence-electron chi connectivity index (χ4n) is 0.974. The lowest BCUT2D eigenvalue weighted by Crippen LogP contribution is -2.10. The van der Waals surface area contributed by atoms with Gasteiger partial charge in [0.25, 0.3) is 0 Å². The smallest absolute Gasteiger partial charge is 0.338 e. The van der Waals surface area contributed by atoms with E-state index < -0.39 is 0 Å². The van der Waals surface area contributed by atoms with Crippen LogP contribution in [0, 0.1) is 3.57 Å². The van der Waals surface area contributed by atoms with Crippen molar-refractivity contribution in [3.63, 3.8) is 0 Å². The van der Waals surface area contributed by atoms with Crippen LogP contribution in [0.3, 0.4) is 0 Å². The Labute approximate surface area is 95.9 Å². The van der Waals surface area contributed by atoms with E-state index in [0.29, 0.717) is 12.2 Å². The predicted molar refractivity (Wildman–Crippen MR) is 62.9 cm³/mol. The molecule has 3 N–H and O–H groups in total. The Morgan fingerprint density at radius 3 is 2.86 bits per heavy atom. The molecule has 76 valence electrons. The Bertz CT molecular complexity index is 342. The summed E-state index contributed by atoms with van der Waals surface area (Å²) < 4.78 is 5.75. The number of nitrogen functional groups attached to an aromatic ring is 1. The number of hydrazine groups is 1. The van der Waals surface area contributed by atoms with Crippen LogP contribution in [0.15, 0.2) is 18.2 Å². The van der Waals surface area contributed by atoms with E-state index in [4.69, 9.17) is 10.6 Å². The minimum Gasteiger partial charge on any atom is -0.462 e. The van der Waals surface area contributed by atoms with Gasteiger partial charge in [0.2, 0.25) is 0 Å². The van der Waals surface area contributed by atoms with Gasteiger partial charge >= 0.3 is 5.97 Å². The van der Waals surface area contributed by atoms with E-state index in [-0.39, 0.29) is 5.97 Å². The van der Waals surface area contributed by atoms with E-state index in [9.17, 15) is 4.79 Å². The lowest BCUT2D eigenvalue weighted by Gasteiger charge is -2.05. The number of benzene rings is 1. The van der Waals surface area contributed by atoms with Crippen molar-refractivity contribution >= 4 is 34.2 Å². The topological polar surface area (TPSA) is 64.3 Å². The molecule has 0 radical (unpaired) electrons. The van der Waals surface area contributed by atoms with Crippen LogP contribution in [-0.2, 0) is 4.74 Å². The standard InChI is InChI=1S/C9H11IN2O2/c1-2-14-9(13)6-3-4-8(12-11)7(10)5-6/h3-5,12H,2,11H2,1H3. The van der Waals surface area contributed by atoms with Crippen LogP contribution in [0.2, 0.25) is 0 Å². The zero-order chi connectivity index (χ0) is 10.6. The largest absolute Gasteiger partial charge is 0.462 e. The number of anilines is 1. The summed E-state index contributed by atoms with van der Waals surface area (Å²) in [5.74, 6) is 4.95. The lowest BCUT2D eigenvalue weighted by molar-refractivity contribution is 0.0526. The van der Waals surface area contributed by atoms with Crippen molar-refractivity contribution in [2.24, 2.45) is 5.84 Å². The molecule has 14 heavy (non-hydrogen) atoms. The molecule has 0 bridgehead atoms. The molecule has 5 heteroatoms. The van der Waals surface area contributed by atoms with Crippen molar-refractivity contribution in [1.29, 1.82) is 0 Å². The number of hydrogen-bond acceptors (Lipinski definition) is 4. The second-order valence-corrected chi connectivity index (χ2v) is 3.72. The van der Waals surface area contributed by atoms with Crippen LogP contribution in [0.1, 0.15) is 17.3 Å². The summed E-state index contributed by atoms with van der Waals surface area (Å²) in [5, 5.41) is 0. The molecule has 0 aliphatic carbocycles. The summed E-state index contributed by atoms with van der Waals surface area (Å²) in [6.45, 7) is 2.16. The highest BCUT2D eigenvalue weighted by Crippen LogP contribution is 2.18. The molecule has 0 saturated carbocycles. The van der Waals surface area contributed by atoms with Gasteiger partial charge in [-0.3, -0.25) is 5.84 Å². The van der Waals surface area contributed by atoms with Crippen molar-refractivity contribution in [1.82, 2.24) is 0 Å². The van der Waals surface area contributed by atoms with Gasteiger partial charge in [0.1, 0.15) is 0 Å². The molecule has 0 saturated heterocycles. The van der Waals surface area contributed by atoms with Crippen molar-refractivity contribution in [3.05, 3.63) is 27.3 Å². The van der Waals surface area contributed by atoms with Crippen LogP contribution in [-0.4, -0.2) is 12.6 Å². The van der Waals surface area contributed by atoms with E-state index in [1.165, 1.54) is 0 Å². The number of halogens is 1. The zero-order valence-electron chi connectivity index (χ0n) is 7.71. The number of nitrogens with one attached hydrogen (secondary N) is 1. The highest BCUT2D eigenvalue weighted by molar-refractivity contribution is 14.1. The molecule has 0 spiro atoms. The molecule has 1 rings (SSSR count). The number of ether oxygens (including phenoxy) is 1. The van der Waals surface area contributed by atoms with E-state index in [1.807, 2.05) is 0 Å². The highest BCUT2D eigenvalue weighted by atomic mass is 127. The molecule has 4 nitrogen and oxygen atoms in total. The Hall–Kier alpha value is -0.820. The van der Waals surface area contributed by atoms with E-state index in [2.05, 4.69) is 28.0 Å². The number of carbonyl (C=O) groups excluding carboxylic acids is 1. The molecule has 0 aliphatic rings. The first kappa shape index (κ1) is 11.3. The minimum absolute atomic E-state index is 0.311. The SMILES string of the molecule is CCOC(=O)c1ccc(NN)c(I)c1. The summed E-state index contributed by atoms with van der Waals surface area (Å²) in [5.41, 5.74) is 3.86. The fraction of sp³-hybridized carbons (Fsp3) is 0.222. The van der Waals surface area contributed by atoms with Crippen LogP contribution in [0.5, 0.6) is 0 Å².